The standard InChI is InChI=1S/C17H16Cl2N2O2S2/c18-14-8-7-13(11-15(14)19)21-17(24)25-10-4-9-23-16(22)20-12-5-2-1-3-6-12/h1-3,5-8,11H,4,9-10H2,(H,20,22)(H,21,24). The van der Waals surface area contributed by atoms with Crippen molar-refractivity contribution in [2.24, 2.45) is 0 Å². The fraction of sp³-hybridized carbons (Fsp3) is 0.176. The third kappa shape index (κ3) is 7.52. The minimum atomic E-state index is -0.465. The number of anilines is 2. The van der Waals surface area contributed by atoms with Crippen molar-refractivity contribution in [2.75, 3.05) is 23.0 Å². The molecule has 25 heavy (non-hydrogen) atoms. The molecule has 0 saturated carbocycles. The molecule has 132 valence electrons. The molecule has 0 radical (unpaired) electrons. The van der Waals surface area contributed by atoms with E-state index < -0.39 is 6.09 Å². The fourth-order valence-electron chi connectivity index (χ4n) is 1.79. The summed E-state index contributed by atoms with van der Waals surface area (Å²) >= 11 is 18.5. The molecule has 0 heterocycles. The van der Waals surface area contributed by atoms with Crippen LogP contribution in [0.1, 0.15) is 6.42 Å². The Labute approximate surface area is 166 Å². The molecule has 0 aliphatic heterocycles. The van der Waals surface area contributed by atoms with Crippen molar-refractivity contribution in [2.45, 2.75) is 6.42 Å². The minimum Gasteiger partial charge on any atom is -0.449 e. The largest absolute Gasteiger partial charge is 0.449 e. The van der Waals surface area contributed by atoms with Crippen LogP contribution >= 0.6 is 47.2 Å². The zero-order valence-electron chi connectivity index (χ0n) is 13.1. The number of thioether (sulfide) groups is 1. The highest BCUT2D eigenvalue weighted by Crippen LogP contribution is 2.25. The summed E-state index contributed by atoms with van der Waals surface area (Å²) in [6.45, 7) is 0.320. The van der Waals surface area contributed by atoms with Crippen molar-refractivity contribution >= 4 is 69.0 Å². The van der Waals surface area contributed by atoms with E-state index in [1.165, 1.54) is 11.8 Å². The number of ether oxygens (including phenoxy) is 1. The van der Waals surface area contributed by atoms with Gasteiger partial charge in [0.25, 0.3) is 0 Å². The molecule has 0 unspecified atom stereocenters. The average Bonchev–Trinajstić information content (AvgIpc) is 2.59. The molecule has 0 spiro atoms. The van der Waals surface area contributed by atoms with Crippen LogP contribution in [0.2, 0.25) is 10.0 Å². The predicted octanol–water partition coefficient (Wildman–Crippen LogP) is 6.06. The van der Waals surface area contributed by atoms with Crippen LogP contribution in [0.25, 0.3) is 0 Å². The Morgan fingerprint density at radius 3 is 2.52 bits per heavy atom. The van der Waals surface area contributed by atoms with Gasteiger partial charge in [0, 0.05) is 17.1 Å². The SMILES string of the molecule is O=C(Nc1ccccc1)OCCCSC(=S)Nc1ccc(Cl)c(Cl)c1. The van der Waals surface area contributed by atoms with Crippen molar-refractivity contribution in [1.82, 2.24) is 0 Å². The molecule has 2 rings (SSSR count). The monoisotopic (exact) mass is 414 g/mol. The Morgan fingerprint density at radius 1 is 1.04 bits per heavy atom. The molecular formula is C17H16Cl2N2O2S2. The van der Waals surface area contributed by atoms with Crippen molar-refractivity contribution in [3.63, 3.8) is 0 Å². The van der Waals surface area contributed by atoms with Crippen LogP contribution in [-0.4, -0.2) is 22.8 Å². The average molecular weight is 415 g/mol. The van der Waals surface area contributed by atoms with Gasteiger partial charge in [-0.1, -0.05) is 65.4 Å². The van der Waals surface area contributed by atoms with E-state index in [4.69, 9.17) is 40.2 Å². The third-order valence-corrected chi connectivity index (χ3v) is 4.99. The summed E-state index contributed by atoms with van der Waals surface area (Å²) in [6, 6.07) is 14.4. The Kier molecular flexibility index (Phi) is 8.34. The molecule has 0 aromatic heterocycles. The number of para-hydroxylation sites is 1. The van der Waals surface area contributed by atoms with Gasteiger partial charge in [0.05, 0.1) is 16.7 Å². The van der Waals surface area contributed by atoms with Gasteiger partial charge in [0.1, 0.15) is 4.32 Å². The van der Waals surface area contributed by atoms with Crippen LogP contribution in [-0.2, 0) is 4.74 Å². The molecule has 0 saturated heterocycles. The van der Waals surface area contributed by atoms with Gasteiger partial charge in [-0.3, -0.25) is 5.32 Å². The van der Waals surface area contributed by atoms with Crippen molar-refractivity contribution in [3.8, 4) is 0 Å². The Bertz CT molecular complexity index is 730. The maximum Gasteiger partial charge on any atom is 0.411 e. The lowest BCUT2D eigenvalue weighted by atomic mass is 10.3. The number of amides is 1. The lowest BCUT2D eigenvalue weighted by Crippen LogP contribution is -2.14. The van der Waals surface area contributed by atoms with Crippen LogP contribution in [0.3, 0.4) is 0 Å². The molecule has 2 aromatic carbocycles. The number of hydrogen-bond donors (Lipinski definition) is 2. The highest BCUT2D eigenvalue weighted by molar-refractivity contribution is 8.23. The topological polar surface area (TPSA) is 50.4 Å². The first-order valence-corrected chi connectivity index (χ1v) is 9.57. The number of halogens is 2. The molecule has 1 amide bonds. The second kappa shape index (κ2) is 10.5. The highest BCUT2D eigenvalue weighted by atomic mass is 35.5. The lowest BCUT2D eigenvalue weighted by molar-refractivity contribution is 0.162. The van der Waals surface area contributed by atoms with Gasteiger partial charge in [-0.05, 0) is 36.8 Å². The molecule has 0 fully saturated rings. The first-order valence-electron chi connectivity index (χ1n) is 7.42. The van der Waals surface area contributed by atoms with Crippen molar-refractivity contribution < 1.29 is 9.53 Å². The molecular weight excluding hydrogens is 399 g/mol. The van der Waals surface area contributed by atoms with Gasteiger partial charge in [-0.25, -0.2) is 4.79 Å². The normalized spacial score (nSPS) is 10.2. The summed E-state index contributed by atoms with van der Waals surface area (Å²) < 4.78 is 5.73. The Balaban J connectivity index is 1.60. The lowest BCUT2D eigenvalue weighted by Gasteiger charge is -2.09. The quantitative estimate of drug-likeness (QED) is 0.444. The van der Waals surface area contributed by atoms with Crippen LogP contribution in [0.5, 0.6) is 0 Å². The molecule has 0 bridgehead atoms. The first-order chi connectivity index (χ1) is 12.0. The second-order valence-electron chi connectivity index (χ2n) is 4.87. The van der Waals surface area contributed by atoms with Gasteiger partial charge in [-0.15, -0.1) is 0 Å². The maximum absolute atomic E-state index is 11.6. The van der Waals surface area contributed by atoms with E-state index >= 15 is 0 Å². The van der Waals surface area contributed by atoms with Gasteiger partial charge in [0.15, 0.2) is 0 Å². The zero-order valence-corrected chi connectivity index (χ0v) is 16.3. The van der Waals surface area contributed by atoms with Crippen molar-refractivity contribution in [1.29, 1.82) is 0 Å². The molecule has 2 N–H and O–H groups in total. The molecule has 0 aliphatic carbocycles. The third-order valence-electron chi connectivity index (χ3n) is 2.94. The number of benzene rings is 2. The minimum absolute atomic E-state index is 0.320. The van der Waals surface area contributed by atoms with Gasteiger partial charge < -0.3 is 10.1 Å². The van der Waals surface area contributed by atoms with E-state index in [1.807, 2.05) is 18.2 Å². The van der Waals surface area contributed by atoms with E-state index in [2.05, 4.69) is 10.6 Å². The van der Waals surface area contributed by atoms with Crippen LogP contribution in [0.15, 0.2) is 48.5 Å². The highest BCUT2D eigenvalue weighted by Gasteiger charge is 2.04. The zero-order chi connectivity index (χ0) is 18.1. The Morgan fingerprint density at radius 2 is 1.80 bits per heavy atom. The number of carbonyl (C=O) groups excluding carboxylic acids is 1. The number of carbonyl (C=O) groups is 1. The molecule has 8 heteroatoms. The first kappa shape index (κ1) is 19.8. The molecule has 2 aromatic rings. The van der Waals surface area contributed by atoms with Crippen LogP contribution < -0.4 is 10.6 Å². The number of thiocarbonyl (C=S) groups is 1. The second-order valence-corrected chi connectivity index (χ2v) is 7.46. The summed E-state index contributed by atoms with van der Waals surface area (Å²) in [6.07, 6.45) is 0.225. The van der Waals surface area contributed by atoms with E-state index in [9.17, 15) is 4.79 Å². The number of rotatable bonds is 6. The molecule has 0 aliphatic rings. The summed E-state index contributed by atoms with van der Waals surface area (Å²) in [5, 5.41) is 6.69. The predicted molar refractivity (Wildman–Crippen MR) is 111 cm³/mol. The maximum atomic E-state index is 11.6. The number of nitrogens with one attached hydrogen (secondary N) is 2. The summed E-state index contributed by atoms with van der Waals surface area (Å²) in [5.74, 6) is 0.728. The molecule has 0 atom stereocenters. The van der Waals surface area contributed by atoms with E-state index in [0.717, 1.165) is 11.4 Å². The van der Waals surface area contributed by atoms with Gasteiger partial charge >= 0.3 is 6.09 Å². The van der Waals surface area contributed by atoms with E-state index in [-0.39, 0.29) is 0 Å². The van der Waals surface area contributed by atoms with E-state index in [0.29, 0.717) is 33.1 Å². The van der Waals surface area contributed by atoms with E-state index in [1.54, 1.807) is 30.3 Å². The van der Waals surface area contributed by atoms with Crippen LogP contribution in [0, 0.1) is 0 Å². The van der Waals surface area contributed by atoms with Crippen LogP contribution in [0.4, 0.5) is 16.2 Å². The van der Waals surface area contributed by atoms with Gasteiger partial charge in [0.2, 0.25) is 0 Å². The molecule has 4 nitrogen and oxygen atoms in total. The fourth-order valence-corrected chi connectivity index (χ4v) is 3.10. The summed E-state index contributed by atoms with van der Waals surface area (Å²) in [4.78, 5) is 11.6. The van der Waals surface area contributed by atoms with Gasteiger partial charge in [-0.2, -0.15) is 0 Å². The van der Waals surface area contributed by atoms with Crippen molar-refractivity contribution in [3.05, 3.63) is 58.6 Å². The Hall–Kier alpha value is -1.47. The number of hydrogen-bond acceptors (Lipinski definition) is 4. The summed E-state index contributed by atoms with van der Waals surface area (Å²) in [7, 11) is 0. The smallest absolute Gasteiger partial charge is 0.411 e. The summed E-state index contributed by atoms with van der Waals surface area (Å²) in [5.41, 5.74) is 1.49.